The number of hydrogen-bond donors (Lipinski definition) is 1. The zero-order chi connectivity index (χ0) is 20.9. The molecule has 0 aromatic heterocycles. The average Bonchev–Trinajstić information content (AvgIpc) is 2.63. The first-order chi connectivity index (χ1) is 13.1. The minimum atomic E-state index is -3.58. The van der Waals surface area contributed by atoms with Crippen LogP contribution in [0.15, 0.2) is 42.5 Å². The summed E-state index contributed by atoms with van der Waals surface area (Å²) in [7, 11) is -3.58. The smallest absolute Gasteiger partial charge is 0.322 e. The van der Waals surface area contributed by atoms with Gasteiger partial charge in [0.1, 0.15) is 5.75 Å². The Morgan fingerprint density at radius 3 is 2.18 bits per heavy atom. The van der Waals surface area contributed by atoms with Gasteiger partial charge < -0.3 is 14.4 Å². The first-order valence-corrected chi connectivity index (χ1v) is 11.0. The molecule has 0 heterocycles. The van der Waals surface area contributed by atoms with Gasteiger partial charge in [0.05, 0.1) is 21.5 Å². The van der Waals surface area contributed by atoms with Gasteiger partial charge in [0.25, 0.3) is 0 Å². The first kappa shape index (κ1) is 22.3. The molecule has 0 saturated carbocycles. The van der Waals surface area contributed by atoms with E-state index in [2.05, 4.69) is 5.32 Å². The maximum Gasteiger partial charge on any atom is 0.322 e. The predicted octanol–water partition coefficient (Wildman–Crippen LogP) is 5.16. The summed E-state index contributed by atoms with van der Waals surface area (Å²) in [6.45, 7) is 5.60. The van der Waals surface area contributed by atoms with E-state index in [-0.39, 0.29) is 23.6 Å². The number of hydrogen-bond acceptors (Lipinski definition) is 4. The molecule has 9 heteroatoms. The molecule has 0 bridgehead atoms. The van der Waals surface area contributed by atoms with Crippen molar-refractivity contribution >= 4 is 45.0 Å². The topological polar surface area (TPSA) is 75.7 Å². The van der Waals surface area contributed by atoms with Gasteiger partial charge in [0.2, 0.25) is 0 Å². The van der Waals surface area contributed by atoms with E-state index in [0.29, 0.717) is 22.3 Å². The number of rotatable bonds is 7. The molecule has 152 valence electrons. The third-order valence-electron chi connectivity index (χ3n) is 3.93. The fourth-order valence-corrected chi connectivity index (χ4v) is 3.35. The Morgan fingerprint density at radius 2 is 1.68 bits per heavy atom. The van der Waals surface area contributed by atoms with E-state index in [1.165, 1.54) is 6.92 Å². The lowest BCUT2D eigenvalue weighted by atomic mass is 10.2. The quantitative estimate of drug-likeness (QED) is 0.597. The monoisotopic (exact) mass is 444 g/mol. The van der Waals surface area contributed by atoms with Crippen LogP contribution in [-0.4, -0.2) is 31.1 Å². The molecule has 0 radical (unpaired) electrons. The van der Waals surface area contributed by atoms with Gasteiger partial charge in [-0.2, -0.15) is 8.42 Å². The van der Waals surface area contributed by atoms with Crippen LogP contribution in [0.3, 0.4) is 0 Å². The Morgan fingerprint density at radius 1 is 1.11 bits per heavy atom. The largest absolute Gasteiger partial charge is 0.382 e. The average molecular weight is 445 g/mol. The highest BCUT2D eigenvalue weighted by molar-refractivity contribution is 7.87. The number of carbonyl (C=O) groups excluding carboxylic acids is 1. The molecular weight excluding hydrogens is 423 g/mol. The summed E-state index contributed by atoms with van der Waals surface area (Å²) in [4.78, 5) is 14.4. The van der Waals surface area contributed by atoms with Gasteiger partial charge in [-0.15, -0.1) is 0 Å². The number of amides is 2. The molecule has 0 fully saturated rings. The molecule has 1 N–H and O–H groups in total. The summed E-state index contributed by atoms with van der Waals surface area (Å²) in [6, 6.07) is 11.1. The molecule has 0 atom stereocenters. The maximum atomic E-state index is 12.7. The molecule has 2 aromatic rings. The van der Waals surface area contributed by atoms with Gasteiger partial charge in [0, 0.05) is 12.6 Å². The normalized spacial score (nSPS) is 11.4. The second-order valence-electron chi connectivity index (χ2n) is 6.32. The van der Waals surface area contributed by atoms with Crippen molar-refractivity contribution in [1.29, 1.82) is 0 Å². The van der Waals surface area contributed by atoms with Crippen molar-refractivity contribution in [2.75, 3.05) is 11.1 Å². The molecule has 0 saturated heterocycles. The summed E-state index contributed by atoms with van der Waals surface area (Å²) in [5.74, 6) is 0.120. The van der Waals surface area contributed by atoms with E-state index in [9.17, 15) is 13.2 Å². The van der Waals surface area contributed by atoms with Crippen LogP contribution in [0, 0.1) is 0 Å². The number of urea groups is 1. The van der Waals surface area contributed by atoms with Gasteiger partial charge in [-0.25, -0.2) is 4.79 Å². The molecule has 0 aliphatic carbocycles. The van der Waals surface area contributed by atoms with Crippen molar-refractivity contribution in [3.8, 4) is 5.75 Å². The summed E-state index contributed by atoms with van der Waals surface area (Å²) < 4.78 is 28.0. The highest BCUT2D eigenvalue weighted by Crippen LogP contribution is 2.30. The molecular formula is C19H22Cl2N2O4S. The lowest BCUT2D eigenvalue weighted by molar-refractivity contribution is 0.193. The van der Waals surface area contributed by atoms with E-state index in [0.717, 1.165) is 5.56 Å². The summed E-state index contributed by atoms with van der Waals surface area (Å²) in [5.41, 5.74) is 1.17. The maximum absolute atomic E-state index is 12.7. The number of halogens is 2. The van der Waals surface area contributed by atoms with Gasteiger partial charge in [-0.1, -0.05) is 41.4 Å². The van der Waals surface area contributed by atoms with Gasteiger partial charge in [-0.3, -0.25) is 0 Å². The number of nitrogens with zero attached hydrogens (tertiary/aromatic N) is 1. The Kier molecular flexibility index (Phi) is 7.57. The summed E-state index contributed by atoms with van der Waals surface area (Å²) in [6.07, 6.45) is 0. The molecule has 28 heavy (non-hydrogen) atoms. The van der Waals surface area contributed by atoms with Crippen LogP contribution in [-0.2, 0) is 16.7 Å². The number of para-hydroxylation sites is 1. The van der Waals surface area contributed by atoms with Crippen LogP contribution in [0.4, 0.5) is 10.5 Å². The van der Waals surface area contributed by atoms with E-state index in [1.807, 2.05) is 13.8 Å². The third-order valence-corrected chi connectivity index (χ3v) is 5.72. The van der Waals surface area contributed by atoms with Crippen molar-refractivity contribution in [3.05, 3.63) is 58.1 Å². The Balaban J connectivity index is 2.13. The zero-order valence-electron chi connectivity index (χ0n) is 15.8. The van der Waals surface area contributed by atoms with Crippen molar-refractivity contribution in [1.82, 2.24) is 4.90 Å². The van der Waals surface area contributed by atoms with Crippen LogP contribution in [0.25, 0.3) is 0 Å². The van der Waals surface area contributed by atoms with Gasteiger partial charge >= 0.3 is 16.1 Å². The number of carbonyl (C=O) groups is 1. The Hall–Kier alpha value is -1.96. The molecule has 6 nitrogen and oxygen atoms in total. The fraction of sp³-hybridized carbons (Fsp3) is 0.316. The highest BCUT2D eigenvalue weighted by Gasteiger charge is 2.20. The van der Waals surface area contributed by atoms with E-state index in [1.54, 1.807) is 47.4 Å². The fourth-order valence-electron chi connectivity index (χ4n) is 2.34. The summed E-state index contributed by atoms with van der Waals surface area (Å²) >= 11 is 12.2. The summed E-state index contributed by atoms with van der Waals surface area (Å²) in [5, 5.41) is 3.45. The van der Waals surface area contributed by atoms with Crippen LogP contribution in [0.1, 0.15) is 26.3 Å². The van der Waals surface area contributed by atoms with Gasteiger partial charge in [0.15, 0.2) is 0 Å². The molecule has 0 aliphatic rings. The predicted molar refractivity (Wildman–Crippen MR) is 113 cm³/mol. The molecule has 0 spiro atoms. The third kappa shape index (κ3) is 6.02. The van der Waals surface area contributed by atoms with Crippen molar-refractivity contribution < 1.29 is 17.4 Å². The minimum Gasteiger partial charge on any atom is -0.382 e. The van der Waals surface area contributed by atoms with Crippen LogP contribution in [0.5, 0.6) is 5.75 Å². The Labute approximate surface area is 175 Å². The van der Waals surface area contributed by atoms with E-state index < -0.39 is 10.1 Å². The highest BCUT2D eigenvalue weighted by atomic mass is 35.5. The molecule has 2 aromatic carbocycles. The van der Waals surface area contributed by atoms with E-state index >= 15 is 0 Å². The first-order valence-electron chi connectivity index (χ1n) is 8.65. The lowest BCUT2D eigenvalue weighted by Gasteiger charge is -2.27. The van der Waals surface area contributed by atoms with Crippen molar-refractivity contribution in [2.24, 2.45) is 0 Å². The second-order valence-corrected chi connectivity index (χ2v) is 9.00. The zero-order valence-corrected chi connectivity index (χ0v) is 18.1. The molecule has 0 aliphatic heterocycles. The number of nitrogens with one attached hydrogen (secondary N) is 1. The van der Waals surface area contributed by atoms with Crippen molar-refractivity contribution in [2.45, 2.75) is 33.4 Å². The standard InChI is InChI=1S/C19H22Cl2N2O4S/c1-4-28(25,26)27-15-10-8-14(9-11-15)12-23(13(2)3)19(24)22-18-16(20)6-5-7-17(18)21/h5-11,13H,4,12H2,1-3H3,(H,22,24). The second kappa shape index (κ2) is 9.49. The lowest BCUT2D eigenvalue weighted by Crippen LogP contribution is -2.39. The Bertz CT molecular complexity index is 911. The van der Waals surface area contributed by atoms with E-state index in [4.69, 9.17) is 27.4 Å². The van der Waals surface area contributed by atoms with Gasteiger partial charge in [-0.05, 0) is 50.6 Å². The SMILES string of the molecule is CCS(=O)(=O)Oc1ccc(CN(C(=O)Nc2c(Cl)cccc2Cl)C(C)C)cc1. The van der Waals surface area contributed by atoms with Crippen LogP contribution >= 0.6 is 23.2 Å². The van der Waals surface area contributed by atoms with Crippen LogP contribution in [0.2, 0.25) is 10.0 Å². The van der Waals surface area contributed by atoms with Crippen molar-refractivity contribution in [3.63, 3.8) is 0 Å². The number of benzene rings is 2. The van der Waals surface area contributed by atoms with Crippen LogP contribution < -0.4 is 9.50 Å². The molecule has 2 amide bonds. The molecule has 2 rings (SSSR count). The minimum absolute atomic E-state index is 0.0994. The molecule has 0 unspecified atom stereocenters. The number of anilines is 1.